The Hall–Kier alpha value is -3.13. The second-order valence-electron chi connectivity index (χ2n) is 7.26. The number of sulfonamides is 1. The van der Waals surface area contributed by atoms with Gasteiger partial charge in [-0.2, -0.15) is 0 Å². The van der Waals surface area contributed by atoms with Crippen molar-refractivity contribution in [3.05, 3.63) is 70.6 Å². The Morgan fingerprint density at radius 2 is 1.57 bits per heavy atom. The Balaban J connectivity index is 1.75. The summed E-state index contributed by atoms with van der Waals surface area (Å²) >= 11 is 0. The molecule has 2 N–H and O–H groups in total. The minimum Gasteiger partial charge on any atom is -0.423 e. The van der Waals surface area contributed by atoms with Gasteiger partial charge in [0, 0.05) is 28.4 Å². The lowest BCUT2D eigenvalue weighted by Gasteiger charge is -2.20. The Kier molecular flexibility index (Phi) is 4.99. The van der Waals surface area contributed by atoms with Crippen LogP contribution in [0.25, 0.3) is 11.0 Å². The van der Waals surface area contributed by atoms with E-state index in [2.05, 4.69) is 10.0 Å². The first-order chi connectivity index (χ1) is 13.0. The van der Waals surface area contributed by atoms with E-state index in [1.54, 1.807) is 45.0 Å². The minimum atomic E-state index is -3.54. The first-order valence-corrected chi connectivity index (χ1v) is 10.0. The predicted octanol–water partition coefficient (Wildman–Crippen LogP) is 3.59. The van der Waals surface area contributed by atoms with Gasteiger partial charge in [-0.05, 0) is 69.3 Å². The number of benzene rings is 2. The van der Waals surface area contributed by atoms with Crippen molar-refractivity contribution in [2.24, 2.45) is 0 Å². The average molecular weight is 400 g/mol. The molecule has 0 atom stereocenters. The van der Waals surface area contributed by atoms with Gasteiger partial charge in [-0.15, -0.1) is 0 Å². The predicted molar refractivity (Wildman–Crippen MR) is 109 cm³/mol. The fourth-order valence-electron chi connectivity index (χ4n) is 2.35. The molecule has 0 fully saturated rings. The van der Waals surface area contributed by atoms with Crippen molar-refractivity contribution < 1.29 is 17.6 Å². The molecular weight excluding hydrogens is 380 g/mol. The first kappa shape index (κ1) is 19.6. The van der Waals surface area contributed by atoms with E-state index in [1.807, 2.05) is 0 Å². The van der Waals surface area contributed by atoms with E-state index in [9.17, 15) is 18.0 Å². The van der Waals surface area contributed by atoms with Gasteiger partial charge in [-0.1, -0.05) is 0 Å². The fraction of sp³-hybridized carbons (Fsp3) is 0.200. The molecule has 0 aliphatic carbocycles. The zero-order valence-electron chi connectivity index (χ0n) is 15.6. The van der Waals surface area contributed by atoms with Crippen molar-refractivity contribution in [1.29, 1.82) is 0 Å². The highest BCUT2D eigenvalue weighted by molar-refractivity contribution is 7.94. The lowest BCUT2D eigenvalue weighted by molar-refractivity contribution is 0.102. The SMILES string of the molecule is CC(C)(C)S(=O)(=O)Nc1ccc(C(=O)Nc2ccc3oc(=O)ccc3c2)cc1. The summed E-state index contributed by atoms with van der Waals surface area (Å²) in [4.78, 5) is 23.7. The molecule has 7 nitrogen and oxygen atoms in total. The number of carbonyl (C=O) groups is 1. The average Bonchev–Trinajstić information content (AvgIpc) is 2.61. The quantitative estimate of drug-likeness (QED) is 0.651. The van der Waals surface area contributed by atoms with Gasteiger partial charge < -0.3 is 9.73 Å². The zero-order valence-corrected chi connectivity index (χ0v) is 16.5. The van der Waals surface area contributed by atoms with Crippen molar-refractivity contribution in [1.82, 2.24) is 0 Å². The first-order valence-electron chi connectivity index (χ1n) is 8.53. The van der Waals surface area contributed by atoms with E-state index in [0.717, 1.165) is 0 Å². The number of anilines is 2. The van der Waals surface area contributed by atoms with Gasteiger partial charge in [0.05, 0.1) is 4.75 Å². The van der Waals surface area contributed by atoms with Crippen molar-refractivity contribution in [2.45, 2.75) is 25.5 Å². The molecule has 0 spiro atoms. The van der Waals surface area contributed by atoms with Crippen LogP contribution in [0, 0.1) is 0 Å². The molecule has 1 amide bonds. The van der Waals surface area contributed by atoms with Crippen LogP contribution in [0.4, 0.5) is 11.4 Å². The summed E-state index contributed by atoms with van der Waals surface area (Å²) in [5.41, 5.74) is 1.29. The van der Waals surface area contributed by atoms with Gasteiger partial charge in [0.15, 0.2) is 0 Å². The maximum Gasteiger partial charge on any atom is 0.336 e. The van der Waals surface area contributed by atoms with Gasteiger partial charge in [0.2, 0.25) is 10.0 Å². The van der Waals surface area contributed by atoms with Crippen LogP contribution in [0.5, 0.6) is 0 Å². The number of rotatable bonds is 4. The van der Waals surface area contributed by atoms with Crippen LogP contribution in [0.2, 0.25) is 0 Å². The molecule has 0 unspecified atom stereocenters. The Labute approximate surface area is 162 Å². The highest BCUT2D eigenvalue weighted by atomic mass is 32.2. The van der Waals surface area contributed by atoms with E-state index >= 15 is 0 Å². The monoisotopic (exact) mass is 400 g/mol. The molecule has 146 valence electrons. The third-order valence-electron chi connectivity index (χ3n) is 4.08. The second kappa shape index (κ2) is 7.12. The molecule has 8 heteroatoms. The molecule has 0 saturated heterocycles. The molecule has 1 aromatic heterocycles. The molecule has 0 aliphatic rings. The Bertz CT molecular complexity index is 1190. The van der Waals surface area contributed by atoms with Crippen LogP contribution in [0.1, 0.15) is 31.1 Å². The summed E-state index contributed by atoms with van der Waals surface area (Å²) in [6.07, 6.45) is 0. The van der Waals surface area contributed by atoms with Gasteiger partial charge in [-0.25, -0.2) is 13.2 Å². The summed E-state index contributed by atoms with van der Waals surface area (Å²) in [5, 5.41) is 3.44. The summed E-state index contributed by atoms with van der Waals surface area (Å²) in [6.45, 7) is 4.81. The van der Waals surface area contributed by atoms with Crippen LogP contribution >= 0.6 is 0 Å². The minimum absolute atomic E-state index is 0.345. The zero-order chi connectivity index (χ0) is 20.5. The number of amides is 1. The molecule has 2 aromatic carbocycles. The van der Waals surface area contributed by atoms with E-state index in [4.69, 9.17) is 4.42 Å². The van der Waals surface area contributed by atoms with Crippen LogP contribution in [-0.2, 0) is 10.0 Å². The highest BCUT2D eigenvalue weighted by Gasteiger charge is 2.28. The molecule has 0 aliphatic heterocycles. The number of carbonyl (C=O) groups excluding carboxylic acids is 1. The van der Waals surface area contributed by atoms with E-state index in [0.29, 0.717) is 27.9 Å². The lowest BCUT2D eigenvalue weighted by Crippen LogP contribution is -2.33. The number of hydrogen-bond donors (Lipinski definition) is 2. The number of nitrogens with one attached hydrogen (secondary N) is 2. The largest absolute Gasteiger partial charge is 0.423 e. The summed E-state index contributed by atoms with van der Waals surface area (Å²) in [7, 11) is -3.54. The standard InChI is InChI=1S/C20H20N2O5S/c1-20(2,3)28(25,26)22-15-7-4-13(5-8-15)19(24)21-16-9-10-17-14(12-16)6-11-18(23)27-17/h4-12,22H,1-3H3,(H,21,24). The van der Waals surface area contributed by atoms with Gasteiger partial charge in [0.1, 0.15) is 5.58 Å². The second-order valence-corrected chi connectivity index (χ2v) is 9.69. The molecule has 1 heterocycles. The van der Waals surface area contributed by atoms with Crippen molar-refractivity contribution in [2.75, 3.05) is 10.0 Å². The van der Waals surface area contributed by atoms with Crippen LogP contribution in [0.3, 0.4) is 0 Å². The van der Waals surface area contributed by atoms with Gasteiger partial charge in [-0.3, -0.25) is 9.52 Å². The highest BCUT2D eigenvalue weighted by Crippen LogP contribution is 2.21. The summed E-state index contributed by atoms with van der Waals surface area (Å²) in [6, 6.07) is 14.0. The Morgan fingerprint density at radius 3 is 2.21 bits per heavy atom. The third-order valence-corrected chi connectivity index (χ3v) is 6.20. The Morgan fingerprint density at radius 1 is 0.929 bits per heavy atom. The summed E-state index contributed by atoms with van der Waals surface area (Å²) in [5.74, 6) is -0.345. The molecule has 28 heavy (non-hydrogen) atoms. The maximum atomic E-state index is 12.4. The number of hydrogen-bond acceptors (Lipinski definition) is 5. The molecular formula is C20H20N2O5S. The molecule has 0 saturated carbocycles. The topological polar surface area (TPSA) is 105 Å². The van der Waals surface area contributed by atoms with Crippen LogP contribution < -0.4 is 15.7 Å². The van der Waals surface area contributed by atoms with Gasteiger partial charge >= 0.3 is 5.63 Å². The van der Waals surface area contributed by atoms with Gasteiger partial charge in [0.25, 0.3) is 5.91 Å². The maximum absolute atomic E-state index is 12.4. The van der Waals surface area contributed by atoms with E-state index in [1.165, 1.54) is 30.3 Å². The van der Waals surface area contributed by atoms with Crippen molar-refractivity contribution in [3.8, 4) is 0 Å². The van der Waals surface area contributed by atoms with E-state index in [-0.39, 0.29) is 5.91 Å². The molecule has 0 radical (unpaired) electrons. The summed E-state index contributed by atoms with van der Waals surface area (Å²) < 4.78 is 31.0. The smallest absolute Gasteiger partial charge is 0.336 e. The van der Waals surface area contributed by atoms with E-state index < -0.39 is 20.4 Å². The fourth-order valence-corrected chi connectivity index (χ4v) is 3.10. The lowest BCUT2D eigenvalue weighted by atomic mass is 10.1. The van der Waals surface area contributed by atoms with Crippen molar-refractivity contribution in [3.63, 3.8) is 0 Å². The van der Waals surface area contributed by atoms with Crippen molar-refractivity contribution >= 4 is 38.3 Å². The third kappa shape index (κ3) is 4.23. The normalized spacial score (nSPS) is 12.0. The molecule has 0 bridgehead atoms. The van der Waals surface area contributed by atoms with Crippen LogP contribution in [-0.4, -0.2) is 19.1 Å². The molecule has 3 aromatic rings. The van der Waals surface area contributed by atoms with Crippen LogP contribution in [0.15, 0.2) is 63.8 Å². The number of fused-ring (bicyclic) bond motifs is 1. The molecule has 3 rings (SSSR count).